The Morgan fingerprint density at radius 2 is 1.94 bits per heavy atom. The van der Waals surface area contributed by atoms with E-state index in [2.05, 4.69) is 6.92 Å². The van der Waals surface area contributed by atoms with E-state index in [0.29, 0.717) is 13.2 Å². The fourth-order valence-electron chi connectivity index (χ4n) is 1.33. The molecule has 1 aromatic carbocycles. The molecule has 0 aliphatic rings. The van der Waals surface area contributed by atoms with E-state index < -0.39 is 0 Å². The third kappa shape index (κ3) is 6.86. The van der Waals surface area contributed by atoms with Crippen LogP contribution in [0.15, 0.2) is 36.4 Å². The van der Waals surface area contributed by atoms with E-state index >= 15 is 0 Å². The van der Waals surface area contributed by atoms with Crippen molar-refractivity contribution >= 4 is 12.0 Å². The lowest BCUT2D eigenvalue weighted by Crippen LogP contribution is -2.08. The average Bonchev–Trinajstić information content (AvgIpc) is 2.41. The molecule has 0 aliphatic heterocycles. The Labute approximate surface area is 108 Å². The molecule has 0 atom stereocenters. The van der Waals surface area contributed by atoms with Gasteiger partial charge in [-0.05, 0) is 18.1 Å². The fourth-order valence-corrected chi connectivity index (χ4v) is 1.33. The largest absolute Gasteiger partial charge is 0.460 e. The molecule has 0 amide bonds. The van der Waals surface area contributed by atoms with E-state index in [4.69, 9.17) is 9.47 Å². The van der Waals surface area contributed by atoms with E-state index in [-0.39, 0.29) is 5.97 Å². The summed E-state index contributed by atoms with van der Waals surface area (Å²) in [5, 5.41) is 0. The zero-order valence-corrected chi connectivity index (χ0v) is 10.8. The Kier molecular flexibility index (Phi) is 7.57. The molecule has 98 valence electrons. The predicted molar refractivity (Wildman–Crippen MR) is 72.2 cm³/mol. The molecule has 0 aliphatic carbocycles. The van der Waals surface area contributed by atoms with Gasteiger partial charge in [0.05, 0.1) is 6.61 Å². The summed E-state index contributed by atoms with van der Waals surface area (Å²) in [7, 11) is 0. The molecule has 0 saturated heterocycles. The first kappa shape index (κ1) is 14.5. The summed E-state index contributed by atoms with van der Waals surface area (Å²) in [4.78, 5) is 11.3. The maximum Gasteiger partial charge on any atom is 0.330 e. The van der Waals surface area contributed by atoms with Crippen LogP contribution in [0.4, 0.5) is 0 Å². The van der Waals surface area contributed by atoms with Gasteiger partial charge in [0.1, 0.15) is 6.61 Å². The average molecular weight is 248 g/mol. The van der Waals surface area contributed by atoms with Crippen molar-refractivity contribution in [1.82, 2.24) is 0 Å². The van der Waals surface area contributed by atoms with Crippen LogP contribution < -0.4 is 0 Å². The van der Waals surface area contributed by atoms with E-state index in [0.717, 1.165) is 25.0 Å². The minimum Gasteiger partial charge on any atom is -0.460 e. The highest BCUT2D eigenvalue weighted by molar-refractivity contribution is 5.86. The Hall–Kier alpha value is -1.61. The van der Waals surface area contributed by atoms with Crippen molar-refractivity contribution in [1.29, 1.82) is 0 Å². The second-order valence-corrected chi connectivity index (χ2v) is 3.88. The Bertz CT molecular complexity index is 357. The number of esters is 1. The van der Waals surface area contributed by atoms with E-state index in [9.17, 15) is 4.79 Å². The van der Waals surface area contributed by atoms with Crippen LogP contribution in [0.3, 0.4) is 0 Å². The van der Waals surface area contributed by atoms with Gasteiger partial charge in [-0.3, -0.25) is 0 Å². The maximum atomic E-state index is 11.3. The van der Waals surface area contributed by atoms with Gasteiger partial charge in [-0.2, -0.15) is 0 Å². The van der Waals surface area contributed by atoms with Gasteiger partial charge in [-0.1, -0.05) is 43.7 Å². The summed E-state index contributed by atoms with van der Waals surface area (Å²) in [6.45, 7) is 3.61. The Balaban J connectivity index is 2.12. The zero-order chi connectivity index (χ0) is 13.1. The highest BCUT2D eigenvalue weighted by atomic mass is 16.6. The smallest absolute Gasteiger partial charge is 0.330 e. The van der Waals surface area contributed by atoms with Crippen LogP contribution >= 0.6 is 0 Å². The summed E-state index contributed by atoms with van der Waals surface area (Å²) in [5.41, 5.74) is 0.980. The molecule has 0 saturated carbocycles. The molecular formula is C15H20O3. The third-order valence-corrected chi connectivity index (χ3v) is 2.33. The molecule has 0 heterocycles. The second kappa shape index (κ2) is 9.42. The molecule has 3 heteroatoms. The number of benzene rings is 1. The van der Waals surface area contributed by atoms with Crippen molar-refractivity contribution < 1.29 is 14.3 Å². The SMILES string of the molecule is CCCCOCCOC(=O)C=Cc1ccccc1. The monoisotopic (exact) mass is 248 g/mol. The van der Waals surface area contributed by atoms with Gasteiger partial charge in [-0.15, -0.1) is 0 Å². The van der Waals surface area contributed by atoms with E-state index in [1.165, 1.54) is 6.08 Å². The number of carbonyl (C=O) groups is 1. The lowest BCUT2D eigenvalue weighted by atomic mass is 10.2. The van der Waals surface area contributed by atoms with Crippen LogP contribution in [0, 0.1) is 0 Å². The number of hydrogen-bond donors (Lipinski definition) is 0. The van der Waals surface area contributed by atoms with Crippen LogP contribution in [0.1, 0.15) is 25.3 Å². The summed E-state index contributed by atoms with van der Waals surface area (Å²) in [6.07, 6.45) is 5.32. The molecule has 0 spiro atoms. The molecule has 18 heavy (non-hydrogen) atoms. The first-order chi connectivity index (χ1) is 8.83. The summed E-state index contributed by atoms with van der Waals surface area (Å²) >= 11 is 0. The molecule has 0 bridgehead atoms. The second-order valence-electron chi connectivity index (χ2n) is 3.88. The quantitative estimate of drug-likeness (QED) is 0.403. The highest BCUT2D eigenvalue weighted by Gasteiger charge is 1.96. The third-order valence-electron chi connectivity index (χ3n) is 2.33. The molecule has 1 aromatic rings. The fraction of sp³-hybridized carbons (Fsp3) is 0.400. The molecule has 0 aromatic heterocycles. The number of rotatable bonds is 8. The van der Waals surface area contributed by atoms with Crippen LogP contribution in [0.25, 0.3) is 6.08 Å². The van der Waals surface area contributed by atoms with Crippen molar-refractivity contribution in [2.75, 3.05) is 19.8 Å². The van der Waals surface area contributed by atoms with E-state index in [1.807, 2.05) is 30.3 Å². The van der Waals surface area contributed by atoms with Gasteiger partial charge in [0.25, 0.3) is 0 Å². The van der Waals surface area contributed by atoms with Crippen molar-refractivity contribution in [3.63, 3.8) is 0 Å². The van der Waals surface area contributed by atoms with Gasteiger partial charge in [0, 0.05) is 12.7 Å². The minimum absolute atomic E-state index is 0.307. The van der Waals surface area contributed by atoms with Crippen LogP contribution in [0.5, 0.6) is 0 Å². The Morgan fingerprint density at radius 1 is 1.17 bits per heavy atom. The zero-order valence-electron chi connectivity index (χ0n) is 10.8. The van der Waals surface area contributed by atoms with Crippen molar-refractivity contribution in [3.05, 3.63) is 42.0 Å². The number of ether oxygens (including phenoxy) is 2. The summed E-state index contributed by atoms with van der Waals surface area (Å²) in [6, 6.07) is 9.64. The molecule has 0 radical (unpaired) electrons. The van der Waals surface area contributed by atoms with Crippen molar-refractivity contribution in [2.45, 2.75) is 19.8 Å². The number of carbonyl (C=O) groups excluding carboxylic acids is 1. The lowest BCUT2D eigenvalue weighted by molar-refractivity contribution is -0.139. The molecule has 0 N–H and O–H groups in total. The van der Waals surface area contributed by atoms with Gasteiger partial charge in [0.2, 0.25) is 0 Å². The van der Waals surface area contributed by atoms with Gasteiger partial charge in [-0.25, -0.2) is 4.79 Å². The van der Waals surface area contributed by atoms with Crippen LogP contribution in [0.2, 0.25) is 0 Å². The van der Waals surface area contributed by atoms with Crippen molar-refractivity contribution in [2.24, 2.45) is 0 Å². The standard InChI is InChI=1S/C15H20O3/c1-2-3-11-17-12-13-18-15(16)10-9-14-7-5-4-6-8-14/h4-10H,2-3,11-13H2,1H3. The summed E-state index contributed by atoms with van der Waals surface area (Å²) in [5.74, 6) is -0.335. The first-order valence-corrected chi connectivity index (χ1v) is 6.30. The molecule has 1 rings (SSSR count). The highest BCUT2D eigenvalue weighted by Crippen LogP contribution is 2.01. The maximum absolute atomic E-state index is 11.3. The van der Waals surface area contributed by atoms with Crippen LogP contribution in [-0.2, 0) is 14.3 Å². The number of hydrogen-bond acceptors (Lipinski definition) is 3. The normalized spacial score (nSPS) is 10.7. The molecule has 3 nitrogen and oxygen atoms in total. The van der Waals surface area contributed by atoms with Crippen LogP contribution in [-0.4, -0.2) is 25.8 Å². The Morgan fingerprint density at radius 3 is 2.67 bits per heavy atom. The van der Waals surface area contributed by atoms with Gasteiger partial charge in [0.15, 0.2) is 0 Å². The summed E-state index contributed by atoms with van der Waals surface area (Å²) < 4.78 is 10.3. The molecular weight excluding hydrogens is 228 g/mol. The minimum atomic E-state index is -0.335. The van der Waals surface area contributed by atoms with E-state index in [1.54, 1.807) is 6.08 Å². The molecule has 0 unspecified atom stereocenters. The lowest BCUT2D eigenvalue weighted by Gasteiger charge is -2.03. The van der Waals surface area contributed by atoms with Crippen molar-refractivity contribution in [3.8, 4) is 0 Å². The topological polar surface area (TPSA) is 35.5 Å². The molecule has 0 fully saturated rings. The predicted octanol–water partition coefficient (Wildman–Crippen LogP) is 3.06. The van der Waals surface area contributed by atoms with Gasteiger partial charge < -0.3 is 9.47 Å². The van der Waals surface area contributed by atoms with Gasteiger partial charge >= 0.3 is 5.97 Å². The first-order valence-electron chi connectivity index (χ1n) is 6.30. The number of unbranched alkanes of at least 4 members (excludes halogenated alkanes) is 1.